The highest BCUT2D eigenvalue weighted by Crippen LogP contribution is 2.32. The van der Waals surface area contributed by atoms with E-state index in [0.29, 0.717) is 47.0 Å². The number of carbonyl (C=O) groups excluding carboxylic acids is 6. The van der Waals surface area contributed by atoms with Crippen molar-refractivity contribution in [3.8, 4) is 11.8 Å². The summed E-state index contributed by atoms with van der Waals surface area (Å²) in [5, 5.41) is 14.1. The van der Waals surface area contributed by atoms with Gasteiger partial charge in [-0.05, 0) is 79.8 Å². The van der Waals surface area contributed by atoms with Gasteiger partial charge in [-0.2, -0.15) is 0 Å². The number of hydrogen-bond acceptors (Lipinski definition) is 9. The lowest BCUT2D eigenvalue weighted by atomic mass is 10.0. The van der Waals surface area contributed by atoms with Gasteiger partial charge >= 0.3 is 6.03 Å². The first-order valence-corrected chi connectivity index (χ1v) is 17.7. The molecule has 5 N–H and O–H groups in total. The summed E-state index contributed by atoms with van der Waals surface area (Å²) in [6.07, 6.45) is 6.47. The van der Waals surface area contributed by atoms with Crippen LogP contribution >= 0.6 is 11.6 Å². The summed E-state index contributed by atoms with van der Waals surface area (Å²) < 4.78 is 0. The van der Waals surface area contributed by atoms with Gasteiger partial charge in [-0.1, -0.05) is 42.5 Å². The van der Waals surface area contributed by atoms with Gasteiger partial charge < -0.3 is 21.3 Å². The smallest absolute Gasteiger partial charge is 0.323 e. The Hall–Kier alpha value is -6.59. The monoisotopic (exact) mass is 746 g/mol. The van der Waals surface area contributed by atoms with E-state index in [1.165, 1.54) is 18.5 Å². The number of benzene rings is 2. The molecule has 1 saturated heterocycles. The van der Waals surface area contributed by atoms with Crippen molar-refractivity contribution in [3.63, 3.8) is 0 Å². The normalized spacial score (nSPS) is 14.8. The van der Waals surface area contributed by atoms with E-state index < -0.39 is 35.7 Å². The number of fused-ring (bicyclic) bond motifs is 1. The van der Waals surface area contributed by atoms with E-state index >= 15 is 0 Å². The van der Waals surface area contributed by atoms with Crippen molar-refractivity contribution in [1.82, 2.24) is 25.5 Å². The molecule has 0 spiro atoms. The number of unbranched alkanes of at least 4 members (excludes halogenated alkanes) is 3. The molecule has 2 aromatic carbocycles. The maximum Gasteiger partial charge on any atom is 0.323 e. The number of aromatic nitrogens is 2. The summed E-state index contributed by atoms with van der Waals surface area (Å²) >= 11 is 5.87. The number of halogens is 1. The molecule has 4 heterocycles. The minimum Gasteiger partial charge on any atom is -0.384 e. The van der Waals surface area contributed by atoms with Gasteiger partial charge in [0.05, 0.1) is 11.1 Å². The number of amides is 7. The Labute approximate surface area is 315 Å². The van der Waals surface area contributed by atoms with Crippen molar-refractivity contribution < 1.29 is 28.8 Å². The zero-order valence-corrected chi connectivity index (χ0v) is 29.7. The third-order valence-electron chi connectivity index (χ3n) is 8.63. The first-order chi connectivity index (χ1) is 26.2. The van der Waals surface area contributed by atoms with E-state index in [1.54, 1.807) is 60.7 Å². The molecule has 274 valence electrons. The predicted octanol–water partition coefficient (Wildman–Crippen LogP) is 4.98. The van der Waals surface area contributed by atoms with Crippen LogP contribution in [0.5, 0.6) is 0 Å². The molecule has 6 rings (SSSR count). The Kier molecular flexibility index (Phi) is 11.9. The van der Waals surface area contributed by atoms with E-state index in [-0.39, 0.29) is 35.0 Å². The first-order valence-electron chi connectivity index (χ1n) is 17.3. The van der Waals surface area contributed by atoms with E-state index in [0.717, 1.165) is 30.6 Å². The molecule has 2 aliphatic rings. The number of rotatable bonds is 12. The average molecular weight is 747 g/mol. The molecule has 0 radical (unpaired) electrons. The van der Waals surface area contributed by atoms with E-state index in [2.05, 4.69) is 48.4 Å². The summed E-state index contributed by atoms with van der Waals surface area (Å²) in [5.74, 6) is 3.61. The fourth-order valence-electron chi connectivity index (χ4n) is 6.02. The number of anilines is 3. The van der Waals surface area contributed by atoms with Crippen LogP contribution in [-0.4, -0.2) is 69.6 Å². The molecule has 14 nitrogen and oxygen atoms in total. The van der Waals surface area contributed by atoms with Crippen molar-refractivity contribution in [2.24, 2.45) is 0 Å². The van der Waals surface area contributed by atoms with Crippen LogP contribution in [0.1, 0.15) is 80.9 Å². The van der Waals surface area contributed by atoms with Crippen LogP contribution < -0.4 is 26.6 Å². The zero-order chi connectivity index (χ0) is 38.0. The Bertz CT molecular complexity index is 2200. The van der Waals surface area contributed by atoms with Crippen molar-refractivity contribution in [3.05, 3.63) is 112 Å². The summed E-state index contributed by atoms with van der Waals surface area (Å²) in [7, 11) is 0. The highest BCUT2D eigenvalue weighted by Gasteiger charge is 2.45. The van der Waals surface area contributed by atoms with Crippen LogP contribution in [0.3, 0.4) is 0 Å². The van der Waals surface area contributed by atoms with Crippen molar-refractivity contribution >= 4 is 64.2 Å². The molecular formula is C39H35ClN8O6. The Balaban J connectivity index is 0.914. The molecule has 2 aliphatic heterocycles. The van der Waals surface area contributed by atoms with Gasteiger partial charge in [0.15, 0.2) is 0 Å². The molecule has 0 bridgehead atoms. The van der Waals surface area contributed by atoms with Crippen LogP contribution in [0.4, 0.5) is 21.9 Å². The third kappa shape index (κ3) is 9.25. The fourth-order valence-corrected chi connectivity index (χ4v) is 6.19. The van der Waals surface area contributed by atoms with Crippen LogP contribution in [0.25, 0.3) is 0 Å². The molecule has 2 aromatic heterocycles. The van der Waals surface area contributed by atoms with Gasteiger partial charge in [0.1, 0.15) is 16.9 Å². The number of nitrogens with one attached hydrogen (secondary N) is 5. The number of urea groups is 1. The zero-order valence-electron chi connectivity index (χ0n) is 28.9. The molecule has 7 amide bonds. The number of pyridine rings is 2. The molecule has 54 heavy (non-hydrogen) atoms. The summed E-state index contributed by atoms with van der Waals surface area (Å²) in [4.78, 5) is 84.5. The average Bonchev–Trinajstić information content (AvgIpc) is 3.41. The van der Waals surface area contributed by atoms with Gasteiger partial charge in [0.25, 0.3) is 17.7 Å². The lowest BCUT2D eigenvalue weighted by Gasteiger charge is -2.27. The third-order valence-corrected chi connectivity index (χ3v) is 8.84. The standard InChI is InChI=1S/C39H35ClN8O6/c40-32-23-28(16-20-43-32)46-39(54)45-27-15-19-41-26(22-27)12-11-24-7-5-8-25(21-24)35(50)44-18-4-2-1-3-17-42-30-10-6-9-29-34(30)38(53)48(37(29)52)31-13-14-33(49)47-36(31)51/h5-10,15-16,19-23,31,42H,1-4,13-14,17-18H2,(H,44,50)(H,47,49,51)(H2,41,43,45,46,54). The predicted molar refractivity (Wildman–Crippen MR) is 201 cm³/mol. The second-order valence-corrected chi connectivity index (χ2v) is 12.9. The molecule has 4 aromatic rings. The van der Waals surface area contributed by atoms with Crippen molar-refractivity contribution in [1.29, 1.82) is 0 Å². The van der Waals surface area contributed by atoms with Crippen LogP contribution in [0.15, 0.2) is 79.1 Å². The molecular weight excluding hydrogens is 712 g/mol. The van der Waals surface area contributed by atoms with Crippen LogP contribution in [0, 0.1) is 11.8 Å². The van der Waals surface area contributed by atoms with Gasteiger partial charge in [-0.3, -0.25) is 34.2 Å². The second kappa shape index (κ2) is 17.3. The number of hydrogen-bond donors (Lipinski definition) is 5. The number of carbonyl (C=O) groups is 6. The molecule has 1 atom stereocenters. The highest BCUT2D eigenvalue weighted by atomic mass is 35.5. The van der Waals surface area contributed by atoms with Crippen LogP contribution in [-0.2, 0) is 9.59 Å². The Morgan fingerprint density at radius 1 is 0.833 bits per heavy atom. The summed E-state index contributed by atoms with van der Waals surface area (Å²) in [6.45, 7) is 1.05. The second-order valence-electron chi connectivity index (χ2n) is 12.5. The van der Waals surface area contributed by atoms with E-state index in [4.69, 9.17) is 11.6 Å². The molecule has 0 aliphatic carbocycles. The lowest BCUT2D eigenvalue weighted by molar-refractivity contribution is -0.136. The topological polar surface area (TPSA) is 192 Å². The number of nitrogens with zero attached hydrogens (tertiary/aromatic N) is 3. The van der Waals surface area contributed by atoms with E-state index in [9.17, 15) is 28.8 Å². The fraction of sp³-hybridized carbons (Fsp3) is 0.231. The van der Waals surface area contributed by atoms with Gasteiger partial charge in [0.2, 0.25) is 11.8 Å². The van der Waals surface area contributed by atoms with Crippen LogP contribution in [0.2, 0.25) is 5.15 Å². The number of piperidine rings is 1. The molecule has 1 unspecified atom stereocenters. The number of imide groups is 2. The SMILES string of the molecule is O=C1CCC(N2C(=O)c3cccc(NCCCCCCNC(=O)c4cccc(C#Cc5cc(NC(=O)Nc6ccnc(Cl)c6)ccn5)c4)c3C2=O)C(=O)N1. The molecule has 0 saturated carbocycles. The van der Waals surface area contributed by atoms with Gasteiger partial charge in [-0.25, -0.2) is 14.8 Å². The Morgan fingerprint density at radius 3 is 2.35 bits per heavy atom. The maximum absolute atomic E-state index is 13.3. The lowest BCUT2D eigenvalue weighted by Crippen LogP contribution is -2.54. The first kappa shape index (κ1) is 37.2. The van der Waals surface area contributed by atoms with Crippen molar-refractivity contribution in [2.75, 3.05) is 29.0 Å². The quantitative estimate of drug-likeness (QED) is 0.0576. The van der Waals surface area contributed by atoms with E-state index in [1.807, 2.05) is 0 Å². The minimum absolute atomic E-state index is 0.0610. The van der Waals surface area contributed by atoms with Gasteiger partial charge in [-0.15, -0.1) is 0 Å². The summed E-state index contributed by atoms with van der Waals surface area (Å²) in [5.41, 5.74) is 3.50. The van der Waals surface area contributed by atoms with Gasteiger partial charge in [0, 0.05) is 60.1 Å². The minimum atomic E-state index is -1.01. The molecule has 1 fully saturated rings. The highest BCUT2D eigenvalue weighted by molar-refractivity contribution is 6.29. The Morgan fingerprint density at radius 2 is 1.57 bits per heavy atom. The summed E-state index contributed by atoms with van der Waals surface area (Å²) in [6, 6.07) is 16.9. The maximum atomic E-state index is 13.3. The van der Waals surface area contributed by atoms with Crippen molar-refractivity contribution in [2.45, 2.75) is 44.6 Å². The largest absolute Gasteiger partial charge is 0.384 e. The molecule has 15 heteroatoms.